The van der Waals surface area contributed by atoms with Crippen LogP contribution in [0.1, 0.15) is 10.5 Å². The smallest absolute Gasteiger partial charge is 0.323 e. The van der Waals surface area contributed by atoms with Crippen LogP contribution in [-0.2, 0) is 11.8 Å². The summed E-state index contributed by atoms with van der Waals surface area (Å²) < 4.78 is 1.62. The first-order chi connectivity index (χ1) is 9.49. The number of anilines is 1. The highest BCUT2D eigenvalue weighted by atomic mass is 16.4. The van der Waals surface area contributed by atoms with Gasteiger partial charge in [-0.1, -0.05) is 0 Å². The van der Waals surface area contributed by atoms with E-state index < -0.39 is 18.4 Å². The van der Waals surface area contributed by atoms with Crippen molar-refractivity contribution in [2.24, 2.45) is 7.05 Å². The predicted octanol–water partition coefficient (Wildman–Crippen LogP) is 1.46. The number of aromatic nitrogens is 1. The molecule has 6 nitrogen and oxygen atoms in total. The maximum Gasteiger partial charge on any atom is 0.323 e. The Kier molecular flexibility index (Phi) is 3.74. The number of aliphatic carboxylic acids is 1. The number of aromatic hydroxyl groups is 1. The monoisotopic (exact) mass is 274 g/mol. The van der Waals surface area contributed by atoms with E-state index in [9.17, 15) is 14.7 Å². The SMILES string of the molecule is Cn1cccc1C(=O)N(CC(=O)O)c1ccc(O)cc1. The molecule has 0 bridgehead atoms. The van der Waals surface area contributed by atoms with Crippen LogP contribution in [0.15, 0.2) is 42.6 Å². The third-order valence-electron chi connectivity index (χ3n) is 2.86. The van der Waals surface area contributed by atoms with Gasteiger partial charge in [-0.25, -0.2) is 0 Å². The topological polar surface area (TPSA) is 82.8 Å². The van der Waals surface area contributed by atoms with Gasteiger partial charge in [0.25, 0.3) is 5.91 Å². The molecule has 2 N–H and O–H groups in total. The quantitative estimate of drug-likeness (QED) is 0.884. The number of aryl methyl sites for hydroxylation is 1. The Morgan fingerprint density at radius 2 is 1.85 bits per heavy atom. The van der Waals surface area contributed by atoms with Crippen LogP contribution in [0.4, 0.5) is 5.69 Å². The van der Waals surface area contributed by atoms with Crippen LogP contribution in [0.25, 0.3) is 0 Å². The fourth-order valence-corrected chi connectivity index (χ4v) is 1.87. The maximum atomic E-state index is 12.4. The Bertz CT molecular complexity index is 631. The van der Waals surface area contributed by atoms with Gasteiger partial charge in [0.15, 0.2) is 0 Å². The Morgan fingerprint density at radius 3 is 2.35 bits per heavy atom. The summed E-state index contributed by atoms with van der Waals surface area (Å²) in [5.41, 5.74) is 0.802. The van der Waals surface area contributed by atoms with Crippen LogP contribution in [0.3, 0.4) is 0 Å². The number of carbonyl (C=O) groups excluding carboxylic acids is 1. The summed E-state index contributed by atoms with van der Waals surface area (Å²) in [4.78, 5) is 24.5. The molecule has 104 valence electrons. The van der Waals surface area contributed by atoms with Gasteiger partial charge in [0, 0.05) is 18.9 Å². The largest absolute Gasteiger partial charge is 0.508 e. The second-order valence-electron chi connectivity index (χ2n) is 4.31. The molecule has 2 aromatic rings. The highest BCUT2D eigenvalue weighted by molar-refractivity contribution is 6.07. The molecule has 0 saturated carbocycles. The molecule has 0 aliphatic rings. The first kappa shape index (κ1) is 13.7. The first-order valence-electron chi connectivity index (χ1n) is 5.93. The summed E-state index contributed by atoms with van der Waals surface area (Å²) in [5, 5.41) is 18.2. The van der Waals surface area contributed by atoms with Gasteiger partial charge in [0.1, 0.15) is 18.0 Å². The lowest BCUT2D eigenvalue weighted by atomic mass is 10.2. The van der Waals surface area contributed by atoms with Crippen molar-refractivity contribution in [1.82, 2.24) is 4.57 Å². The minimum absolute atomic E-state index is 0.0512. The van der Waals surface area contributed by atoms with Gasteiger partial charge >= 0.3 is 5.97 Å². The van der Waals surface area contributed by atoms with Gasteiger partial charge in [-0.15, -0.1) is 0 Å². The van der Waals surface area contributed by atoms with Gasteiger partial charge in [-0.3, -0.25) is 14.5 Å². The lowest BCUT2D eigenvalue weighted by molar-refractivity contribution is -0.135. The molecule has 0 aliphatic heterocycles. The van der Waals surface area contributed by atoms with Crippen molar-refractivity contribution in [3.05, 3.63) is 48.3 Å². The standard InChI is InChI=1S/C14H14N2O4/c1-15-8-2-3-12(15)14(20)16(9-13(18)19)10-4-6-11(17)7-5-10/h2-8,17H,9H2,1H3,(H,18,19). The summed E-state index contributed by atoms with van der Waals surface area (Å²) in [7, 11) is 1.71. The molecule has 0 fully saturated rings. The molecule has 0 saturated heterocycles. The van der Waals surface area contributed by atoms with E-state index >= 15 is 0 Å². The van der Waals surface area contributed by atoms with E-state index in [0.717, 1.165) is 4.90 Å². The van der Waals surface area contributed by atoms with Crippen molar-refractivity contribution >= 4 is 17.6 Å². The van der Waals surface area contributed by atoms with Crippen LogP contribution < -0.4 is 4.90 Å². The van der Waals surface area contributed by atoms with Crippen LogP contribution in [0, 0.1) is 0 Å². The third-order valence-corrected chi connectivity index (χ3v) is 2.86. The number of carbonyl (C=O) groups is 2. The summed E-state index contributed by atoms with van der Waals surface area (Å²) in [5.74, 6) is -1.47. The van der Waals surface area contributed by atoms with Crippen molar-refractivity contribution in [2.45, 2.75) is 0 Å². The zero-order valence-electron chi connectivity index (χ0n) is 10.9. The molecule has 1 aromatic carbocycles. The average molecular weight is 274 g/mol. The molecule has 1 amide bonds. The highest BCUT2D eigenvalue weighted by Gasteiger charge is 2.22. The number of carboxylic acids is 1. The van der Waals surface area contributed by atoms with Gasteiger partial charge in [-0.2, -0.15) is 0 Å². The molecule has 1 heterocycles. The predicted molar refractivity (Wildman–Crippen MR) is 72.8 cm³/mol. The van der Waals surface area contributed by atoms with Crippen molar-refractivity contribution in [3.63, 3.8) is 0 Å². The summed E-state index contributed by atoms with van der Waals surface area (Å²) >= 11 is 0. The van der Waals surface area contributed by atoms with Crippen molar-refractivity contribution in [3.8, 4) is 5.75 Å². The number of phenolic OH excluding ortho intramolecular Hbond substituents is 1. The Hall–Kier alpha value is -2.76. The van der Waals surface area contributed by atoms with E-state index in [1.165, 1.54) is 24.3 Å². The fraction of sp³-hybridized carbons (Fsp3) is 0.143. The maximum absolute atomic E-state index is 12.4. The fourth-order valence-electron chi connectivity index (χ4n) is 1.87. The molecule has 0 atom stereocenters. The Labute approximate surface area is 115 Å². The van der Waals surface area contributed by atoms with Crippen molar-refractivity contribution < 1.29 is 19.8 Å². The lowest BCUT2D eigenvalue weighted by Crippen LogP contribution is -2.36. The molecule has 0 unspecified atom stereocenters. The van der Waals surface area contributed by atoms with Crippen molar-refractivity contribution in [2.75, 3.05) is 11.4 Å². The van der Waals surface area contributed by atoms with Gasteiger partial charge < -0.3 is 14.8 Å². The van der Waals surface area contributed by atoms with Gasteiger partial charge in [0.2, 0.25) is 0 Å². The number of hydrogen-bond acceptors (Lipinski definition) is 3. The minimum atomic E-state index is -1.11. The molecule has 0 aliphatic carbocycles. The summed E-state index contributed by atoms with van der Waals surface area (Å²) in [6.07, 6.45) is 1.71. The minimum Gasteiger partial charge on any atom is -0.508 e. The number of hydrogen-bond donors (Lipinski definition) is 2. The number of nitrogens with zero attached hydrogens (tertiary/aromatic N) is 2. The molecular formula is C14H14N2O4. The molecule has 2 rings (SSSR count). The van der Waals surface area contributed by atoms with E-state index in [4.69, 9.17) is 5.11 Å². The Morgan fingerprint density at radius 1 is 1.20 bits per heavy atom. The first-order valence-corrected chi connectivity index (χ1v) is 5.93. The van der Waals surface area contributed by atoms with E-state index in [-0.39, 0.29) is 5.75 Å². The van der Waals surface area contributed by atoms with E-state index in [2.05, 4.69) is 0 Å². The van der Waals surface area contributed by atoms with Gasteiger partial charge in [-0.05, 0) is 36.4 Å². The average Bonchev–Trinajstić information content (AvgIpc) is 2.82. The second kappa shape index (κ2) is 5.48. The van der Waals surface area contributed by atoms with Crippen molar-refractivity contribution in [1.29, 1.82) is 0 Å². The van der Waals surface area contributed by atoms with Crippen LogP contribution in [0.5, 0.6) is 5.75 Å². The lowest BCUT2D eigenvalue weighted by Gasteiger charge is -2.21. The molecule has 1 aromatic heterocycles. The number of amides is 1. The number of rotatable bonds is 4. The number of phenols is 1. The normalized spacial score (nSPS) is 10.2. The third kappa shape index (κ3) is 2.80. The highest BCUT2D eigenvalue weighted by Crippen LogP contribution is 2.20. The summed E-state index contributed by atoms with van der Waals surface area (Å²) in [6.45, 7) is -0.450. The zero-order valence-corrected chi connectivity index (χ0v) is 10.9. The van der Waals surface area contributed by atoms with Gasteiger partial charge in [0.05, 0.1) is 0 Å². The molecule has 20 heavy (non-hydrogen) atoms. The van der Waals surface area contributed by atoms with Crippen LogP contribution >= 0.6 is 0 Å². The summed E-state index contributed by atoms with van der Waals surface area (Å²) in [6, 6.07) is 9.14. The number of carboxylic acid groups (broad SMARTS) is 1. The van der Waals surface area contributed by atoms with E-state index in [0.29, 0.717) is 11.4 Å². The van der Waals surface area contributed by atoms with Crippen LogP contribution in [0.2, 0.25) is 0 Å². The van der Waals surface area contributed by atoms with E-state index in [1.807, 2.05) is 0 Å². The number of benzene rings is 1. The zero-order chi connectivity index (χ0) is 14.7. The van der Waals surface area contributed by atoms with E-state index in [1.54, 1.807) is 29.9 Å². The molecule has 6 heteroatoms. The molecule has 0 spiro atoms. The second-order valence-corrected chi connectivity index (χ2v) is 4.31. The van der Waals surface area contributed by atoms with Crippen LogP contribution in [-0.4, -0.2) is 33.2 Å². The molecular weight excluding hydrogens is 260 g/mol. The Balaban J connectivity index is 2.37. The molecule has 0 radical (unpaired) electrons.